The molecule has 0 amide bonds. The van der Waals surface area contributed by atoms with Crippen LogP contribution < -0.4 is 15.6 Å². The second-order valence-corrected chi connectivity index (χ2v) is 6.15. The van der Waals surface area contributed by atoms with E-state index in [1.807, 2.05) is 6.07 Å². The third-order valence-electron chi connectivity index (χ3n) is 3.97. The first kappa shape index (κ1) is 17.2. The standard InChI is InChI=1S/C20H22N2O3/c1-14-2-4-15(5-3-14)11-21-12-17(23)13-25-18-7-8-19-16(10-18)6-9-20(24)22-19/h2-10,17,21,23H,11-13H2,1H3,(H,22,24). The van der Waals surface area contributed by atoms with E-state index in [9.17, 15) is 9.90 Å². The summed E-state index contributed by atoms with van der Waals surface area (Å²) in [5, 5.41) is 14.2. The van der Waals surface area contributed by atoms with Crippen LogP contribution >= 0.6 is 0 Å². The summed E-state index contributed by atoms with van der Waals surface area (Å²) in [5.74, 6) is 0.664. The fourth-order valence-electron chi connectivity index (χ4n) is 2.56. The lowest BCUT2D eigenvalue weighted by molar-refractivity contribution is 0.106. The van der Waals surface area contributed by atoms with Gasteiger partial charge in [-0.1, -0.05) is 29.8 Å². The number of benzene rings is 2. The second-order valence-electron chi connectivity index (χ2n) is 6.15. The van der Waals surface area contributed by atoms with Gasteiger partial charge in [-0.15, -0.1) is 0 Å². The summed E-state index contributed by atoms with van der Waals surface area (Å²) in [6.45, 7) is 3.42. The third-order valence-corrected chi connectivity index (χ3v) is 3.97. The van der Waals surface area contributed by atoms with E-state index in [1.54, 1.807) is 18.2 Å². The highest BCUT2D eigenvalue weighted by Gasteiger charge is 2.06. The number of aliphatic hydroxyl groups is 1. The fraction of sp³-hybridized carbons (Fsp3) is 0.250. The van der Waals surface area contributed by atoms with Crippen LogP contribution in [0, 0.1) is 6.92 Å². The van der Waals surface area contributed by atoms with Gasteiger partial charge >= 0.3 is 0 Å². The number of aromatic nitrogens is 1. The lowest BCUT2D eigenvalue weighted by atomic mass is 10.1. The normalized spacial score (nSPS) is 12.2. The number of pyridine rings is 1. The van der Waals surface area contributed by atoms with Gasteiger partial charge in [0.1, 0.15) is 18.5 Å². The predicted octanol–water partition coefficient (Wildman–Crippen LogP) is 2.37. The molecule has 3 rings (SSSR count). The molecular weight excluding hydrogens is 316 g/mol. The Hall–Kier alpha value is -2.63. The predicted molar refractivity (Wildman–Crippen MR) is 99.0 cm³/mol. The number of ether oxygens (including phenoxy) is 1. The Balaban J connectivity index is 1.47. The molecule has 0 saturated carbocycles. The van der Waals surface area contributed by atoms with Crippen molar-refractivity contribution < 1.29 is 9.84 Å². The van der Waals surface area contributed by atoms with Crippen LogP contribution in [0.25, 0.3) is 10.9 Å². The van der Waals surface area contributed by atoms with Gasteiger partial charge < -0.3 is 20.1 Å². The summed E-state index contributed by atoms with van der Waals surface area (Å²) in [7, 11) is 0. The maximum atomic E-state index is 11.3. The average Bonchev–Trinajstić information content (AvgIpc) is 2.61. The van der Waals surface area contributed by atoms with Gasteiger partial charge in [-0.3, -0.25) is 4.79 Å². The van der Waals surface area contributed by atoms with Crippen LogP contribution in [0.1, 0.15) is 11.1 Å². The Morgan fingerprint density at radius 2 is 1.92 bits per heavy atom. The number of hydrogen-bond acceptors (Lipinski definition) is 4. The minimum atomic E-state index is -0.600. The Bertz CT molecular complexity index is 887. The average molecular weight is 338 g/mol. The summed E-state index contributed by atoms with van der Waals surface area (Å²) in [6.07, 6.45) is -0.600. The van der Waals surface area contributed by atoms with Gasteiger partial charge in [0, 0.05) is 30.1 Å². The van der Waals surface area contributed by atoms with Crippen molar-refractivity contribution in [1.82, 2.24) is 10.3 Å². The van der Waals surface area contributed by atoms with Gasteiger partial charge in [0.15, 0.2) is 0 Å². The zero-order valence-corrected chi connectivity index (χ0v) is 14.2. The molecule has 0 aliphatic heterocycles. The van der Waals surface area contributed by atoms with Crippen LogP contribution in [0.4, 0.5) is 0 Å². The molecule has 3 N–H and O–H groups in total. The molecule has 0 spiro atoms. The van der Waals surface area contributed by atoms with Crippen molar-refractivity contribution in [2.24, 2.45) is 0 Å². The molecule has 0 aliphatic carbocycles. The molecule has 25 heavy (non-hydrogen) atoms. The van der Waals surface area contributed by atoms with Crippen molar-refractivity contribution in [2.75, 3.05) is 13.2 Å². The SMILES string of the molecule is Cc1ccc(CNCC(O)COc2ccc3[nH]c(=O)ccc3c2)cc1. The number of H-pyrrole nitrogens is 1. The van der Waals surface area contributed by atoms with Crippen molar-refractivity contribution in [1.29, 1.82) is 0 Å². The highest BCUT2D eigenvalue weighted by atomic mass is 16.5. The van der Waals surface area contributed by atoms with Gasteiger partial charge in [-0.05, 0) is 36.8 Å². The van der Waals surface area contributed by atoms with Gasteiger partial charge in [0.2, 0.25) is 5.56 Å². The van der Waals surface area contributed by atoms with E-state index in [0.717, 1.165) is 10.9 Å². The quantitative estimate of drug-likeness (QED) is 0.618. The number of rotatable bonds is 7. The molecule has 0 bridgehead atoms. The summed E-state index contributed by atoms with van der Waals surface area (Å²) in [5.41, 5.74) is 3.05. The lowest BCUT2D eigenvalue weighted by Crippen LogP contribution is -2.31. The Kier molecular flexibility index (Phi) is 5.48. The summed E-state index contributed by atoms with van der Waals surface area (Å²) < 4.78 is 5.64. The first-order valence-electron chi connectivity index (χ1n) is 8.30. The van der Waals surface area contributed by atoms with Crippen molar-refractivity contribution in [3.05, 3.63) is 76.1 Å². The van der Waals surface area contributed by atoms with Crippen LogP contribution in [0.2, 0.25) is 0 Å². The maximum absolute atomic E-state index is 11.3. The monoisotopic (exact) mass is 338 g/mol. The zero-order valence-electron chi connectivity index (χ0n) is 14.2. The third kappa shape index (κ3) is 4.92. The number of aromatic amines is 1. The molecule has 0 aliphatic rings. The van der Waals surface area contributed by atoms with Crippen molar-refractivity contribution in [3.8, 4) is 5.75 Å². The highest BCUT2D eigenvalue weighted by Crippen LogP contribution is 2.18. The summed E-state index contributed by atoms with van der Waals surface area (Å²) in [6, 6.07) is 17.0. The van der Waals surface area contributed by atoms with E-state index in [2.05, 4.69) is 41.5 Å². The van der Waals surface area contributed by atoms with Crippen LogP contribution in [0.5, 0.6) is 5.75 Å². The molecule has 0 saturated heterocycles. The number of hydrogen-bond donors (Lipinski definition) is 3. The van der Waals surface area contributed by atoms with E-state index >= 15 is 0 Å². The highest BCUT2D eigenvalue weighted by molar-refractivity contribution is 5.79. The van der Waals surface area contributed by atoms with Crippen LogP contribution in [0.15, 0.2) is 59.4 Å². The Morgan fingerprint density at radius 1 is 1.12 bits per heavy atom. The van der Waals surface area contributed by atoms with E-state index in [1.165, 1.54) is 17.2 Å². The molecule has 0 radical (unpaired) electrons. The molecule has 1 heterocycles. The first-order chi connectivity index (χ1) is 12.1. The smallest absolute Gasteiger partial charge is 0.248 e. The number of aryl methyl sites for hydroxylation is 1. The molecule has 130 valence electrons. The molecule has 0 fully saturated rings. The van der Waals surface area contributed by atoms with E-state index in [0.29, 0.717) is 18.8 Å². The molecule has 1 atom stereocenters. The topological polar surface area (TPSA) is 74.3 Å². The zero-order chi connectivity index (χ0) is 17.6. The molecule has 3 aromatic rings. The Labute approximate surface area is 146 Å². The van der Waals surface area contributed by atoms with Gasteiger partial charge in [0.05, 0.1) is 0 Å². The molecular formula is C20H22N2O3. The maximum Gasteiger partial charge on any atom is 0.248 e. The number of fused-ring (bicyclic) bond motifs is 1. The van der Waals surface area contributed by atoms with E-state index in [4.69, 9.17) is 4.74 Å². The van der Waals surface area contributed by atoms with Gasteiger partial charge in [-0.25, -0.2) is 0 Å². The van der Waals surface area contributed by atoms with Crippen molar-refractivity contribution in [2.45, 2.75) is 19.6 Å². The van der Waals surface area contributed by atoms with E-state index in [-0.39, 0.29) is 12.2 Å². The Morgan fingerprint density at radius 3 is 2.72 bits per heavy atom. The van der Waals surface area contributed by atoms with Gasteiger partial charge in [0.25, 0.3) is 0 Å². The van der Waals surface area contributed by atoms with Crippen LogP contribution in [-0.4, -0.2) is 29.3 Å². The molecule has 1 aromatic heterocycles. The molecule has 1 unspecified atom stereocenters. The first-order valence-corrected chi connectivity index (χ1v) is 8.30. The minimum Gasteiger partial charge on any atom is -0.491 e. The molecule has 2 aromatic carbocycles. The second kappa shape index (κ2) is 7.96. The fourth-order valence-corrected chi connectivity index (χ4v) is 2.56. The number of aliphatic hydroxyl groups excluding tert-OH is 1. The molecule has 5 nitrogen and oxygen atoms in total. The summed E-state index contributed by atoms with van der Waals surface area (Å²) >= 11 is 0. The van der Waals surface area contributed by atoms with E-state index < -0.39 is 6.10 Å². The number of nitrogens with one attached hydrogen (secondary N) is 2. The molecule has 5 heteroatoms. The summed E-state index contributed by atoms with van der Waals surface area (Å²) in [4.78, 5) is 14.0. The van der Waals surface area contributed by atoms with Crippen molar-refractivity contribution in [3.63, 3.8) is 0 Å². The lowest BCUT2D eigenvalue weighted by Gasteiger charge is -2.14. The van der Waals surface area contributed by atoms with Crippen LogP contribution in [-0.2, 0) is 6.54 Å². The van der Waals surface area contributed by atoms with Crippen molar-refractivity contribution >= 4 is 10.9 Å². The van der Waals surface area contributed by atoms with Gasteiger partial charge in [-0.2, -0.15) is 0 Å². The largest absolute Gasteiger partial charge is 0.491 e. The van der Waals surface area contributed by atoms with Crippen LogP contribution in [0.3, 0.4) is 0 Å². The minimum absolute atomic E-state index is 0.128.